The lowest BCUT2D eigenvalue weighted by Gasteiger charge is -2.11. The third-order valence-electron chi connectivity index (χ3n) is 9.62. The van der Waals surface area contributed by atoms with E-state index in [1.54, 1.807) is 0 Å². The predicted molar refractivity (Wildman–Crippen MR) is 203 cm³/mol. The van der Waals surface area contributed by atoms with Crippen molar-refractivity contribution in [2.24, 2.45) is 0 Å². The molecule has 50 heavy (non-hydrogen) atoms. The van der Waals surface area contributed by atoms with Crippen molar-refractivity contribution in [1.82, 2.24) is 29.1 Å². The summed E-state index contributed by atoms with van der Waals surface area (Å²) in [7, 11) is 0. The van der Waals surface area contributed by atoms with Gasteiger partial charge in [-0.3, -0.25) is 19.9 Å². The fourth-order valence-corrected chi connectivity index (χ4v) is 7.27. The molecule has 0 aliphatic rings. The number of benzene rings is 4. The first-order chi connectivity index (χ1) is 24.8. The molecular weight excluding hydrogens is 613 g/mol. The molecule has 4 aromatic carbocycles. The Morgan fingerprint density at radius 2 is 0.800 bits per heavy atom. The minimum atomic E-state index is 0.830. The van der Waals surface area contributed by atoms with E-state index in [1.807, 2.05) is 49.3 Å². The summed E-state index contributed by atoms with van der Waals surface area (Å²) >= 11 is 0. The van der Waals surface area contributed by atoms with Gasteiger partial charge in [0.1, 0.15) is 0 Å². The van der Waals surface area contributed by atoms with Crippen molar-refractivity contribution < 1.29 is 0 Å². The Balaban J connectivity index is 0.949. The number of pyridine rings is 4. The number of hydrogen-bond donors (Lipinski definition) is 0. The fourth-order valence-electron chi connectivity index (χ4n) is 7.27. The van der Waals surface area contributed by atoms with Crippen molar-refractivity contribution in [1.29, 1.82) is 0 Å². The maximum atomic E-state index is 4.84. The van der Waals surface area contributed by atoms with E-state index in [1.165, 1.54) is 21.5 Å². The van der Waals surface area contributed by atoms with Crippen LogP contribution in [-0.2, 0) is 0 Å². The zero-order chi connectivity index (χ0) is 33.0. The van der Waals surface area contributed by atoms with Gasteiger partial charge in [0, 0.05) is 68.8 Å². The monoisotopic (exact) mass is 640 g/mol. The molecule has 234 valence electrons. The number of nitrogens with zero attached hydrogens (tertiary/aromatic N) is 6. The number of hydrogen-bond acceptors (Lipinski definition) is 4. The second-order valence-corrected chi connectivity index (χ2v) is 12.5. The highest BCUT2D eigenvalue weighted by Gasteiger charge is 2.14. The number of aromatic nitrogens is 6. The van der Waals surface area contributed by atoms with Gasteiger partial charge in [-0.15, -0.1) is 0 Å². The minimum Gasteiger partial charge on any atom is -0.308 e. The van der Waals surface area contributed by atoms with Crippen LogP contribution in [0, 0.1) is 0 Å². The third kappa shape index (κ3) is 4.50. The number of rotatable bonds is 5. The van der Waals surface area contributed by atoms with Gasteiger partial charge in [0.05, 0.1) is 45.8 Å². The van der Waals surface area contributed by atoms with Gasteiger partial charge in [-0.1, -0.05) is 72.8 Å². The van der Waals surface area contributed by atoms with Crippen LogP contribution in [0.3, 0.4) is 0 Å². The first-order valence-electron chi connectivity index (χ1n) is 16.6. The highest BCUT2D eigenvalue weighted by molar-refractivity contribution is 6.10. The Kier molecular flexibility index (Phi) is 6.39. The van der Waals surface area contributed by atoms with Crippen molar-refractivity contribution in [3.8, 4) is 45.0 Å². The molecule has 0 fully saturated rings. The SMILES string of the molecule is c1cc(-c2ccc(-c3ccc(-c4cccc(-n5c6ccccc6c6ccncc65)c4)cn3)nc2)cc(-n2c3ccccc3c3ccncc32)c1. The van der Waals surface area contributed by atoms with Crippen molar-refractivity contribution in [3.05, 3.63) is 171 Å². The molecule has 0 amide bonds. The summed E-state index contributed by atoms with van der Waals surface area (Å²) < 4.78 is 4.56. The quantitative estimate of drug-likeness (QED) is 0.188. The van der Waals surface area contributed by atoms with Crippen LogP contribution in [0.2, 0.25) is 0 Å². The molecule has 0 saturated heterocycles. The molecule has 0 N–H and O–H groups in total. The Morgan fingerprint density at radius 3 is 1.26 bits per heavy atom. The average Bonchev–Trinajstić information content (AvgIpc) is 3.71. The largest absolute Gasteiger partial charge is 0.308 e. The van der Waals surface area contributed by atoms with Crippen LogP contribution in [0.25, 0.3) is 88.6 Å². The number of para-hydroxylation sites is 2. The lowest BCUT2D eigenvalue weighted by atomic mass is 10.0. The van der Waals surface area contributed by atoms with Gasteiger partial charge in [0.25, 0.3) is 0 Å². The number of fused-ring (bicyclic) bond motifs is 6. The zero-order valence-corrected chi connectivity index (χ0v) is 26.8. The predicted octanol–water partition coefficient (Wildman–Crippen LogP) is 10.5. The van der Waals surface area contributed by atoms with Gasteiger partial charge in [-0.05, 0) is 71.8 Å². The van der Waals surface area contributed by atoms with E-state index in [-0.39, 0.29) is 0 Å². The van der Waals surface area contributed by atoms with E-state index >= 15 is 0 Å². The molecule has 0 bridgehead atoms. The van der Waals surface area contributed by atoms with Gasteiger partial charge < -0.3 is 9.13 Å². The van der Waals surface area contributed by atoms with Crippen molar-refractivity contribution >= 4 is 43.6 Å². The van der Waals surface area contributed by atoms with Crippen LogP contribution in [0.4, 0.5) is 0 Å². The molecule has 6 heteroatoms. The molecule has 10 aromatic rings. The van der Waals surface area contributed by atoms with Gasteiger partial charge in [0.2, 0.25) is 0 Å². The van der Waals surface area contributed by atoms with Crippen molar-refractivity contribution in [2.45, 2.75) is 0 Å². The second-order valence-electron chi connectivity index (χ2n) is 12.5. The van der Waals surface area contributed by atoms with E-state index in [4.69, 9.17) is 9.97 Å². The van der Waals surface area contributed by atoms with Crippen LogP contribution < -0.4 is 0 Å². The molecule has 0 saturated carbocycles. The first-order valence-corrected chi connectivity index (χ1v) is 16.6. The van der Waals surface area contributed by atoms with Gasteiger partial charge >= 0.3 is 0 Å². The van der Waals surface area contributed by atoms with Crippen molar-refractivity contribution in [2.75, 3.05) is 0 Å². The Hall–Kier alpha value is -6.92. The molecule has 6 heterocycles. The van der Waals surface area contributed by atoms with Gasteiger partial charge in [0.15, 0.2) is 0 Å². The molecule has 6 nitrogen and oxygen atoms in total. The molecule has 0 radical (unpaired) electrons. The molecular formula is C44H28N6. The summed E-state index contributed by atoms with van der Waals surface area (Å²) in [5.41, 5.74) is 12.6. The Morgan fingerprint density at radius 1 is 0.340 bits per heavy atom. The maximum Gasteiger partial charge on any atom is 0.0886 e. The molecule has 0 spiro atoms. The average molecular weight is 641 g/mol. The van der Waals surface area contributed by atoms with E-state index in [0.717, 1.165) is 67.1 Å². The van der Waals surface area contributed by atoms with Crippen LogP contribution >= 0.6 is 0 Å². The molecule has 0 aliphatic carbocycles. The summed E-state index contributed by atoms with van der Waals surface area (Å²) in [6.45, 7) is 0. The maximum absolute atomic E-state index is 4.84. The molecule has 0 aliphatic heterocycles. The molecule has 6 aromatic heterocycles. The van der Waals surface area contributed by atoms with E-state index < -0.39 is 0 Å². The van der Waals surface area contributed by atoms with Crippen LogP contribution in [-0.4, -0.2) is 29.1 Å². The summed E-state index contributed by atoms with van der Waals surface area (Å²) in [5.74, 6) is 0. The van der Waals surface area contributed by atoms with Crippen LogP contribution in [0.1, 0.15) is 0 Å². The molecule has 10 rings (SSSR count). The highest BCUT2D eigenvalue weighted by Crippen LogP contribution is 2.35. The standard InChI is InChI=1S/C44H28N6/c1-3-13-41-35(11-1)37-19-21-45-27-43(37)49(41)33-9-5-7-29(23-33)31-15-17-39(47-25-31)40-18-16-32(26-48-40)30-8-6-10-34(24-30)50-42-14-4-2-12-36(42)38-20-22-46-28-44(38)50/h1-28H. The summed E-state index contributed by atoms with van der Waals surface area (Å²) in [4.78, 5) is 18.5. The van der Waals surface area contributed by atoms with E-state index in [9.17, 15) is 0 Å². The second kappa shape index (κ2) is 11.4. The molecule has 0 unspecified atom stereocenters. The Labute approximate surface area is 287 Å². The van der Waals surface area contributed by atoms with Gasteiger partial charge in [-0.25, -0.2) is 0 Å². The molecule has 0 atom stereocenters. The smallest absolute Gasteiger partial charge is 0.0886 e. The topological polar surface area (TPSA) is 61.4 Å². The van der Waals surface area contributed by atoms with Crippen LogP contribution in [0.5, 0.6) is 0 Å². The van der Waals surface area contributed by atoms with Crippen LogP contribution in [0.15, 0.2) is 171 Å². The summed E-state index contributed by atoms with van der Waals surface area (Å²) in [6, 6.07) is 46.7. The normalized spacial score (nSPS) is 11.6. The third-order valence-corrected chi connectivity index (χ3v) is 9.62. The van der Waals surface area contributed by atoms with Crippen molar-refractivity contribution in [3.63, 3.8) is 0 Å². The zero-order valence-electron chi connectivity index (χ0n) is 26.8. The van der Waals surface area contributed by atoms with Gasteiger partial charge in [-0.2, -0.15) is 0 Å². The van der Waals surface area contributed by atoms with E-state index in [0.29, 0.717) is 0 Å². The van der Waals surface area contributed by atoms with E-state index in [2.05, 4.69) is 140 Å². The minimum absolute atomic E-state index is 0.830. The summed E-state index contributed by atoms with van der Waals surface area (Å²) in [6.07, 6.45) is 11.5. The fraction of sp³-hybridized carbons (Fsp3) is 0. The first kappa shape index (κ1) is 28.1. The Bertz CT molecular complexity index is 2560. The summed E-state index contributed by atoms with van der Waals surface area (Å²) in [5, 5.41) is 4.82. The lowest BCUT2D eigenvalue weighted by Crippen LogP contribution is -1.95. The lowest BCUT2D eigenvalue weighted by molar-refractivity contribution is 1.16. The highest BCUT2D eigenvalue weighted by atomic mass is 15.0.